The molecule has 3 aromatic heterocycles. The van der Waals surface area contributed by atoms with Gasteiger partial charge in [-0.05, 0) is 18.2 Å². The summed E-state index contributed by atoms with van der Waals surface area (Å²) >= 11 is 0. The Balaban J connectivity index is 2.24. The third-order valence-corrected chi connectivity index (χ3v) is 3.13. The Bertz CT molecular complexity index is 914. The first-order chi connectivity index (χ1) is 9.27. The highest BCUT2D eigenvalue weighted by molar-refractivity contribution is 6.13. The highest BCUT2D eigenvalue weighted by Crippen LogP contribution is 2.24. The molecule has 4 rings (SSSR count). The van der Waals surface area contributed by atoms with E-state index in [9.17, 15) is 9.59 Å². The zero-order valence-corrected chi connectivity index (χ0v) is 9.57. The van der Waals surface area contributed by atoms with Gasteiger partial charge in [0, 0.05) is 18.6 Å². The van der Waals surface area contributed by atoms with Crippen LogP contribution in [-0.2, 0) is 0 Å². The van der Waals surface area contributed by atoms with E-state index >= 15 is 0 Å². The van der Waals surface area contributed by atoms with Crippen molar-refractivity contribution < 1.29 is 4.79 Å². The summed E-state index contributed by atoms with van der Waals surface area (Å²) in [6, 6.07) is 4.95. The highest BCUT2D eigenvalue weighted by Gasteiger charge is 2.30. The molecule has 0 fully saturated rings. The Morgan fingerprint density at radius 3 is 2.89 bits per heavy atom. The molecule has 90 valence electrons. The molecule has 0 amide bonds. The summed E-state index contributed by atoms with van der Waals surface area (Å²) in [5, 5.41) is 0.392. The number of rotatable bonds is 0. The quantitative estimate of drug-likeness (QED) is 0.459. The maximum absolute atomic E-state index is 12.4. The van der Waals surface area contributed by atoms with Gasteiger partial charge in [0.25, 0.3) is 5.56 Å². The van der Waals surface area contributed by atoms with Crippen LogP contribution in [0.3, 0.4) is 0 Å². The number of hydrogen-bond acceptors (Lipinski definition) is 5. The molecule has 0 N–H and O–H groups in total. The van der Waals surface area contributed by atoms with Crippen LogP contribution < -0.4 is 5.56 Å². The number of hydrogen-bond donors (Lipinski definition) is 0. The van der Waals surface area contributed by atoms with E-state index in [-0.39, 0.29) is 22.8 Å². The van der Waals surface area contributed by atoms with E-state index in [2.05, 4.69) is 15.0 Å². The van der Waals surface area contributed by atoms with Crippen molar-refractivity contribution in [2.45, 2.75) is 0 Å². The molecular weight excluding hydrogens is 244 g/mol. The monoisotopic (exact) mass is 250 g/mol. The van der Waals surface area contributed by atoms with Crippen LogP contribution in [0.4, 0.5) is 0 Å². The Morgan fingerprint density at radius 1 is 1.11 bits per heavy atom. The maximum Gasteiger partial charge on any atom is 0.267 e. The molecule has 0 spiro atoms. The van der Waals surface area contributed by atoms with E-state index in [0.717, 1.165) is 0 Å². The molecular formula is C13H6N4O2. The SMILES string of the molecule is O=C1c2cnccc2-n2c1nc1ncccc1c2=O. The first-order valence-electron chi connectivity index (χ1n) is 5.64. The van der Waals surface area contributed by atoms with Gasteiger partial charge in [0.05, 0.1) is 16.6 Å². The van der Waals surface area contributed by atoms with Crippen molar-refractivity contribution in [2.24, 2.45) is 0 Å². The largest absolute Gasteiger partial charge is 0.285 e. The Kier molecular flexibility index (Phi) is 1.76. The number of ketones is 1. The van der Waals surface area contributed by atoms with Gasteiger partial charge in [0.15, 0.2) is 11.5 Å². The van der Waals surface area contributed by atoms with Gasteiger partial charge < -0.3 is 0 Å². The number of carbonyl (C=O) groups is 1. The van der Waals surface area contributed by atoms with Gasteiger partial charge in [-0.3, -0.25) is 19.1 Å². The van der Waals surface area contributed by atoms with Crippen LogP contribution in [0.1, 0.15) is 16.2 Å². The zero-order chi connectivity index (χ0) is 13.0. The van der Waals surface area contributed by atoms with Gasteiger partial charge in [0.1, 0.15) is 0 Å². The van der Waals surface area contributed by atoms with Crippen LogP contribution in [0.2, 0.25) is 0 Å². The van der Waals surface area contributed by atoms with E-state index < -0.39 is 0 Å². The van der Waals surface area contributed by atoms with E-state index in [1.165, 1.54) is 10.8 Å². The molecule has 19 heavy (non-hydrogen) atoms. The standard InChI is InChI=1S/C13H6N4O2/c18-10-8-6-14-5-3-9(8)17-12(10)16-11-7(13(17)19)2-1-4-15-11/h1-6H. The number of nitrogens with zero attached hydrogens (tertiary/aromatic N) is 4. The summed E-state index contributed by atoms with van der Waals surface area (Å²) in [5.74, 6) is -0.202. The molecule has 6 nitrogen and oxygen atoms in total. The molecule has 0 saturated heterocycles. The highest BCUT2D eigenvalue weighted by atomic mass is 16.1. The molecule has 3 aromatic rings. The summed E-state index contributed by atoms with van der Waals surface area (Å²) in [4.78, 5) is 36.8. The summed E-state index contributed by atoms with van der Waals surface area (Å²) in [7, 11) is 0. The Morgan fingerprint density at radius 2 is 2.00 bits per heavy atom. The van der Waals surface area contributed by atoms with E-state index in [4.69, 9.17) is 0 Å². The third-order valence-electron chi connectivity index (χ3n) is 3.13. The number of carbonyl (C=O) groups excluding carboxylic acids is 1. The predicted molar refractivity (Wildman–Crippen MR) is 66.4 cm³/mol. The molecule has 1 aliphatic heterocycles. The second-order valence-electron chi connectivity index (χ2n) is 4.17. The van der Waals surface area contributed by atoms with Crippen molar-refractivity contribution in [3.63, 3.8) is 0 Å². The van der Waals surface area contributed by atoms with Crippen molar-refractivity contribution in [1.82, 2.24) is 19.5 Å². The molecule has 0 saturated carbocycles. The summed E-state index contributed by atoms with van der Waals surface area (Å²) in [6.45, 7) is 0. The fourth-order valence-electron chi connectivity index (χ4n) is 2.27. The molecule has 4 heterocycles. The van der Waals surface area contributed by atoms with Crippen LogP contribution in [0, 0.1) is 0 Å². The lowest BCUT2D eigenvalue weighted by molar-refractivity contribution is 0.103. The first kappa shape index (κ1) is 10.1. The van der Waals surface area contributed by atoms with E-state index in [1.807, 2.05) is 0 Å². The van der Waals surface area contributed by atoms with Gasteiger partial charge in [0.2, 0.25) is 5.78 Å². The average Bonchev–Trinajstić information content (AvgIpc) is 2.74. The third kappa shape index (κ3) is 1.17. The number of aromatic nitrogens is 4. The van der Waals surface area contributed by atoms with Crippen LogP contribution in [0.5, 0.6) is 0 Å². The molecule has 6 heteroatoms. The lowest BCUT2D eigenvalue weighted by Crippen LogP contribution is -2.21. The van der Waals surface area contributed by atoms with Gasteiger partial charge in [-0.25, -0.2) is 9.97 Å². The normalized spacial score (nSPS) is 12.5. The number of fused-ring (bicyclic) bond motifs is 4. The summed E-state index contributed by atoms with van der Waals surface area (Å²) < 4.78 is 1.32. The van der Waals surface area contributed by atoms with Crippen LogP contribution in [-0.4, -0.2) is 25.3 Å². The average molecular weight is 250 g/mol. The fraction of sp³-hybridized carbons (Fsp3) is 0. The van der Waals surface area contributed by atoms with Gasteiger partial charge in [-0.1, -0.05) is 0 Å². The fourth-order valence-corrected chi connectivity index (χ4v) is 2.27. The van der Waals surface area contributed by atoms with E-state index in [0.29, 0.717) is 16.6 Å². The second-order valence-corrected chi connectivity index (χ2v) is 4.17. The molecule has 0 radical (unpaired) electrons. The molecule has 0 aromatic carbocycles. The lowest BCUT2D eigenvalue weighted by atomic mass is 10.2. The molecule has 1 aliphatic rings. The van der Waals surface area contributed by atoms with Crippen molar-refractivity contribution >= 4 is 16.8 Å². The lowest BCUT2D eigenvalue weighted by Gasteiger charge is -2.03. The zero-order valence-electron chi connectivity index (χ0n) is 9.57. The maximum atomic E-state index is 12.4. The molecule has 0 aliphatic carbocycles. The molecule has 0 atom stereocenters. The number of pyridine rings is 2. The van der Waals surface area contributed by atoms with Gasteiger partial charge >= 0.3 is 0 Å². The van der Waals surface area contributed by atoms with E-state index in [1.54, 1.807) is 30.6 Å². The predicted octanol–water partition coefficient (Wildman–Crippen LogP) is 0.720. The Labute approximate surface area is 106 Å². The summed E-state index contributed by atoms with van der Waals surface area (Å²) in [5.41, 5.74) is 0.917. The van der Waals surface area contributed by atoms with Crippen molar-refractivity contribution in [3.8, 4) is 5.69 Å². The van der Waals surface area contributed by atoms with Crippen LogP contribution in [0.25, 0.3) is 16.7 Å². The van der Waals surface area contributed by atoms with Gasteiger partial charge in [-0.2, -0.15) is 0 Å². The first-order valence-corrected chi connectivity index (χ1v) is 5.64. The smallest absolute Gasteiger partial charge is 0.267 e. The van der Waals surface area contributed by atoms with Crippen molar-refractivity contribution in [1.29, 1.82) is 0 Å². The summed E-state index contributed by atoms with van der Waals surface area (Å²) in [6.07, 6.45) is 4.53. The minimum atomic E-state index is -0.298. The Hall–Kier alpha value is -2.89. The topological polar surface area (TPSA) is 77.7 Å². The van der Waals surface area contributed by atoms with Gasteiger partial charge in [-0.15, -0.1) is 0 Å². The van der Waals surface area contributed by atoms with Crippen molar-refractivity contribution in [3.05, 3.63) is 58.5 Å². The van der Waals surface area contributed by atoms with Crippen LogP contribution >= 0.6 is 0 Å². The minimum absolute atomic E-state index is 0.0965. The minimum Gasteiger partial charge on any atom is -0.285 e. The molecule has 0 unspecified atom stereocenters. The second kappa shape index (κ2) is 3.32. The van der Waals surface area contributed by atoms with Crippen LogP contribution in [0.15, 0.2) is 41.6 Å². The van der Waals surface area contributed by atoms with Crippen molar-refractivity contribution in [2.75, 3.05) is 0 Å². The molecule has 0 bridgehead atoms.